The van der Waals surface area contributed by atoms with Crippen LogP contribution in [0.5, 0.6) is 11.5 Å². The molecule has 1 aromatic heterocycles. The first kappa shape index (κ1) is 26.2. The van der Waals surface area contributed by atoms with Crippen molar-refractivity contribution in [3.05, 3.63) is 64.0 Å². The SMILES string of the molecule is CCOC(=O)c1c(-c2ccc(C)cc2C)csc1NC(=O)CN1CCN(Cc2ccc3c(c2)OCO3)CC1. The van der Waals surface area contributed by atoms with Gasteiger partial charge in [0.1, 0.15) is 10.6 Å². The van der Waals surface area contributed by atoms with E-state index in [1.165, 1.54) is 16.9 Å². The smallest absolute Gasteiger partial charge is 0.341 e. The van der Waals surface area contributed by atoms with E-state index in [1.807, 2.05) is 43.5 Å². The van der Waals surface area contributed by atoms with E-state index in [-0.39, 0.29) is 25.9 Å². The Morgan fingerprint density at radius 1 is 0.974 bits per heavy atom. The molecule has 3 aromatic rings. The Morgan fingerprint density at radius 3 is 2.50 bits per heavy atom. The molecule has 3 heterocycles. The van der Waals surface area contributed by atoms with Crippen LogP contribution >= 0.6 is 11.3 Å². The number of carbonyl (C=O) groups excluding carboxylic acids is 2. The number of esters is 1. The monoisotopic (exact) mass is 535 g/mol. The second-order valence-electron chi connectivity index (χ2n) is 9.68. The Balaban J connectivity index is 1.20. The van der Waals surface area contributed by atoms with Gasteiger partial charge in [-0.1, -0.05) is 29.8 Å². The number of aryl methyl sites for hydroxylation is 2. The molecule has 0 saturated carbocycles. The van der Waals surface area contributed by atoms with Gasteiger partial charge in [-0.15, -0.1) is 11.3 Å². The van der Waals surface area contributed by atoms with Crippen LogP contribution in [-0.4, -0.2) is 67.8 Å². The van der Waals surface area contributed by atoms with E-state index in [1.54, 1.807) is 6.92 Å². The molecule has 2 aliphatic rings. The molecule has 0 unspecified atom stereocenters. The van der Waals surface area contributed by atoms with Gasteiger partial charge in [-0.2, -0.15) is 0 Å². The molecule has 0 atom stereocenters. The minimum atomic E-state index is -0.420. The highest BCUT2D eigenvalue weighted by atomic mass is 32.1. The minimum Gasteiger partial charge on any atom is -0.462 e. The third-order valence-electron chi connectivity index (χ3n) is 6.87. The third kappa shape index (κ3) is 5.85. The van der Waals surface area contributed by atoms with Crippen LogP contribution in [0, 0.1) is 13.8 Å². The molecule has 1 fully saturated rings. The maximum atomic E-state index is 13.0. The number of nitrogens with one attached hydrogen (secondary N) is 1. The van der Waals surface area contributed by atoms with Crippen molar-refractivity contribution >= 4 is 28.2 Å². The van der Waals surface area contributed by atoms with Gasteiger partial charge in [-0.25, -0.2) is 4.79 Å². The second-order valence-corrected chi connectivity index (χ2v) is 10.6. The van der Waals surface area contributed by atoms with Crippen LogP contribution < -0.4 is 14.8 Å². The molecule has 2 aliphatic heterocycles. The molecule has 2 aromatic carbocycles. The largest absolute Gasteiger partial charge is 0.462 e. The van der Waals surface area contributed by atoms with Crippen LogP contribution in [-0.2, 0) is 16.1 Å². The number of anilines is 1. The number of fused-ring (bicyclic) bond motifs is 1. The molecule has 5 rings (SSSR count). The van der Waals surface area contributed by atoms with Crippen molar-refractivity contribution in [2.45, 2.75) is 27.3 Å². The average molecular weight is 536 g/mol. The van der Waals surface area contributed by atoms with Gasteiger partial charge in [0.15, 0.2) is 11.5 Å². The Labute approximate surface area is 227 Å². The summed E-state index contributed by atoms with van der Waals surface area (Å²) in [6.45, 7) is 10.8. The minimum absolute atomic E-state index is 0.131. The molecule has 0 radical (unpaired) electrons. The highest BCUT2D eigenvalue weighted by molar-refractivity contribution is 7.15. The average Bonchev–Trinajstić information content (AvgIpc) is 3.52. The number of rotatable bonds is 8. The quantitative estimate of drug-likeness (QED) is 0.419. The van der Waals surface area contributed by atoms with E-state index in [0.29, 0.717) is 10.6 Å². The number of hydrogen-bond acceptors (Lipinski definition) is 8. The number of piperazine rings is 1. The van der Waals surface area contributed by atoms with Crippen molar-refractivity contribution in [1.29, 1.82) is 0 Å². The van der Waals surface area contributed by atoms with Crippen LogP contribution in [0.4, 0.5) is 5.00 Å². The fourth-order valence-corrected chi connectivity index (χ4v) is 5.91. The van der Waals surface area contributed by atoms with E-state index in [0.717, 1.165) is 66.5 Å². The molecule has 0 bridgehead atoms. The fourth-order valence-electron chi connectivity index (χ4n) is 4.94. The van der Waals surface area contributed by atoms with Crippen molar-refractivity contribution < 1.29 is 23.8 Å². The number of thiophene rings is 1. The summed E-state index contributed by atoms with van der Waals surface area (Å²) in [5, 5.41) is 5.45. The highest BCUT2D eigenvalue weighted by Gasteiger charge is 2.25. The zero-order chi connectivity index (χ0) is 26.6. The van der Waals surface area contributed by atoms with Crippen LogP contribution in [0.1, 0.15) is 34.0 Å². The maximum Gasteiger partial charge on any atom is 0.341 e. The molecule has 1 amide bonds. The Hall–Kier alpha value is -3.40. The van der Waals surface area contributed by atoms with Crippen molar-refractivity contribution in [3.63, 3.8) is 0 Å². The summed E-state index contributed by atoms with van der Waals surface area (Å²) in [5.41, 5.74) is 5.59. The van der Waals surface area contributed by atoms with Gasteiger partial charge in [0.05, 0.1) is 13.2 Å². The number of amides is 1. The third-order valence-corrected chi connectivity index (χ3v) is 7.77. The number of ether oxygens (including phenoxy) is 3. The van der Waals surface area contributed by atoms with E-state index in [9.17, 15) is 9.59 Å². The van der Waals surface area contributed by atoms with E-state index < -0.39 is 5.97 Å². The van der Waals surface area contributed by atoms with E-state index in [4.69, 9.17) is 14.2 Å². The lowest BCUT2D eigenvalue weighted by Gasteiger charge is -2.34. The predicted molar refractivity (Wildman–Crippen MR) is 148 cm³/mol. The normalized spacial score (nSPS) is 15.4. The van der Waals surface area contributed by atoms with Gasteiger partial charge < -0.3 is 19.5 Å². The first-order chi connectivity index (χ1) is 18.4. The van der Waals surface area contributed by atoms with Crippen LogP contribution in [0.3, 0.4) is 0 Å². The lowest BCUT2D eigenvalue weighted by atomic mass is 9.97. The number of carbonyl (C=O) groups is 2. The summed E-state index contributed by atoms with van der Waals surface area (Å²) in [4.78, 5) is 30.5. The van der Waals surface area contributed by atoms with Crippen molar-refractivity contribution in [3.8, 4) is 22.6 Å². The highest BCUT2D eigenvalue weighted by Crippen LogP contribution is 2.38. The summed E-state index contributed by atoms with van der Waals surface area (Å²) in [5.74, 6) is 1.04. The first-order valence-electron chi connectivity index (χ1n) is 12.9. The Kier molecular flexibility index (Phi) is 7.97. The summed E-state index contributed by atoms with van der Waals surface area (Å²) < 4.78 is 16.2. The van der Waals surface area contributed by atoms with Crippen LogP contribution in [0.25, 0.3) is 11.1 Å². The number of benzene rings is 2. The Morgan fingerprint density at radius 2 is 1.74 bits per heavy atom. The maximum absolute atomic E-state index is 13.0. The summed E-state index contributed by atoms with van der Waals surface area (Å²) >= 11 is 1.36. The van der Waals surface area contributed by atoms with Gasteiger partial charge in [-0.05, 0) is 49.6 Å². The first-order valence-corrected chi connectivity index (χ1v) is 13.8. The molecule has 1 saturated heterocycles. The van der Waals surface area contributed by atoms with Gasteiger partial charge in [0.25, 0.3) is 0 Å². The topological polar surface area (TPSA) is 80.3 Å². The zero-order valence-electron chi connectivity index (χ0n) is 22.0. The molecule has 0 spiro atoms. The summed E-state index contributed by atoms with van der Waals surface area (Å²) in [7, 11) is 0. The number of hydrogen-bond donors (Lipinski definition) is 1. The van der Waals surface area contributed by atoms with Crippen molar-refractivity contribution in [1.82, 2.24) is 9.80 Å². The van der Waals surface area contributed by atoms with Gasteiger partial charge in [0, 0.05) is 43.7 Å². The van der Waals surface area contributed by atoms with Crippen LogP contribution in [0.15, 0.2) is 41.8 Å². The molecule has 0 aliphatic carbocycles. The standard InChI is InChI=1S/C29H33N3O5S/c1-4-35-29(34)27-23(22-7-5-19(2)13-20(22)3)17-38-28(27)30-26(33)16-32-11-9-31(10-12-32)15-21-6-8-24-25(14-21)37-18-36-24/h5-8,13-14,17H,4,9-12,15-16,18H2,1-3H3,(H,30,33). The van der Waals surface area contributed by atoms with E-state index >= 15 is 0 Å². The van der Waals surface area contributed by atoms with Gasteiger partial charge in [-0.3, -0.25) is 14.6 Å². The fraction of sp³-hybridized carbons (Fsp3) is 0.379. The lowest BCUT2D eigenvalue weighted by molar-refractivity contribution is -0.117. The molecule has 38 heavy (non-hydrogen) atoms. The molecule has 1 N–H and O–H groups in total. The van der Waals surface area contributed by atoms with Crippen LogP contribution in [0.2, 0.25) is 0 Å². The lowest BCUT2D eigenvalue weighted by Crippen LogP contribution is -2.48. The van der Waals surface area contributed by atoms with Gasteiger partial charge >= 0.3 is 5.97 Å². The summed E-state index contributed by atoms with van der Waals surface area (Å²) in [6.07, 6.45) is 0. The Bertz CT molecular complexity index is 1330. The zero-order valence-corrected chi connectivity index (χ0v) is 22.9. The number of nitrogens with zero attached hydrogens (tertiary/aromatic N) is 2. The van der Waals surface area contributed by atoms with E-state index in [2.05, 4.69) is 27.2 Å². The van der Waals surface area contributed by atoms with Gasteiger partial charge in [0.2, 0.25) is 12.7 Å². The molecular weight excluding hydrogens is 502 g/mol. The molecule has 9 heteroatoms. The molecule has 8 nitrogen and oxygen atoms in total. The molecule has 200 valence electrons. The van der Waals surface area contributed by atoms with Crippen molar-refractivity contribution in [2.75, 3.05) is 51.4 Å². The van der Waals surface area contributed by atoms with Crippen molar-refractivity contribution in [2.24, 2.45) is 0 Å². The predicted octanol–water partition coefficient (Wildman–Crippen LogP) is 4.69. The second kappa shape index (κ2) is 11.6. The molecular formula is C29H33N3O5S. The summed E-state index contributed by atoms with van der Waals surface area (Å²) in [6, 6.07) is 12.2.